The number of benzene rings is 1. The van der Waals surface area contributed by atoms with Crippen LogP contribution < -0.4 is 10.2 Å². The van der Waals surface area contributed by atoms with Gasteiger partial charge in [-0.1, -0.05) is 17.7 Å². The quantitative estimate of drug-likeness (QED) is 0.524. The maximum Gasteiger partial charge on any atom is 0.262 e. The van der Waals surface area contributed by atoms with Gasteiger partial charge in [-0.15, -0.1) is 0 Å². The molecule has 0 radical (unpaired) electrons. The fourth-order valence-corrected chi connectivity index (χ4v) is 3.82. The molecule has 1 aliphatic heterocycles. The number of hydrogen-bond donors (Lipinski definition) is 2. The summed E-state index contributed by atoms with van der Waals surface area (Å²) in [4.78, 5) is 34.7. The van der Waals surface area contributed by atoms with Crippen molar-refractivity contribution in [2.45, 2.75) is 13.0 Å². The molecule has 10 heteroatoms. The normalized spacial score (nSPS) is 15.2. The highest BCUT2D eigenvalue weighted by Gasteiger charge is 2.36. The second-order valence-corrected chi connectivity index (χ2v) is 8.15. The number of aliphatic hydroxyl groups is 1. The largest absolute Gasteiger partial charge is 0.377 e. The summed E-state index contributed by atoms with van der Waals surface area (Å²) in [5.74, 6) is -2.18. The molecule has 0 spiro atoms. The predicted octanol–water partition coefficient (Wildman–Crippen LogP) is 4.03. The standard InChI is InChI=1S/C21H15BrClFN4O3/c1-10-7-15-17(20(24)26-10)12-3-2-6-25-18(12)19(30)21(31)28(15)9-16(29)27-11-4-5-13(22)14(23)8-11/h2-8,19,30H,9H2,1H3,(H,27,29)/t19-/m1/s1. The van der Waals surface area contributed by atoms with E-state index in [1.54, 1.807) is 37.3 Å². The summed E-state index contributed by atoms with van der Waals surface area (Å²) in [6.07, 6.45) is -0.271. The first-order chi connectivity index (χ1) is 14.8. The molecule has 0 unspecified atom stereocenters. The molecule has 0 aliphatic carbocycles. The molecule has 0 saturated carbocycles. The Bertz CT molecular complexity index is 1220. The molecule has 0 bridgehead atoms. The number of aromatic nitrogens is 2. The zero-order valence-electron chi connectivity index (χ0n) is 16.1. The second-order valence-electron chi connectivity index (χ2n) is 6.89. The van der Waals surface area contributed by atoms with Crippen molar-refractivity contribution in [2.75, 3.05) is 16.8 Å². The summed E-state index contributed by atoms with van der Waals surface area (Å²) >= 11 is 9.33. The van der Waals surface area contributed by atoms with Crippen LogP contribution in [0.2, 0.25) is 5.02 Å². The molecule has 4 rings (SSSR count). The van der Waals surface area contributed by atoms with Gasteiger partial charge in [0.1, 0.15) is 6.54 Å². The van der Waals surface area contributed by atoms with Crippen molar-refractivity contribution in [1.82, 2.24) is 9.97 Å². The van der Waals surface area contributed by atoms with Crippen LogP contribution in [-0.2, 0) is 9.59 Å². The maximum absolute atomic E-state index is 14.9. The first kappa shape index (κ1) is 21.4. The average Bonchev–Trinajstić information content (AvgIpc) is 2.80. The number of aliphatic hydroxyl groups excluding tert-OH is 1. The van der Waals surface area contributed by atoms with Gasteiger partial charge in [-0.25, -0.2) is 4.98 Å². The highest BCUT2D eigenvalue weighted by molar-refractivity contribution is 9.10. The van der Waals surface area contributed by atoms with Gasteiger partial charge in [-0.05, 0) is 53.2 Å². The molecule has 31 heavy (non-hydrogen) atoms. The molecule has 2 amide bonds. The van der Waals surface area contributed by atoms with Crippen molar-refractivity contribution in [3.8, 4) is 11.1 Å². The van der Waals surface area contributed by atoms with E-state index in [0.717, 1.165) is 4.90 Å². The van der Waals surface area contributed by atoms with E-state index in [0.29, 0.717) is 20.9 Å². The summed E-state index contributed by atoms with van der Waals surface area (Å²) in [5.41, 5.74) is 1.11. The highest BCUT2D eigenvalue weighted by Crippen LogP contribution is 2.40. The van der Waals surface area contributed by atoms with Crippen molar-refractivity contribution >= 4 is 50.7 Å². The number of nitrogens with zero attached hydrogens (tertiary/aromatic N) is 3. The van der Waals surface area contributed by atoms with Gasteiger partial charge in [0.2, 0.25) is 11.9 Å². The van der Waals surface area contributed by atoms with Gasteiger partial charge in [0.15, 0.2) is 6.10 Å². The van der Waals surface area contributed by atoms with Crippen LogP contribution in [0.4, 0.5) is 15.8 Å². The zero-order valence-corrected chi connectivity index (χ0v) is 18.4. The molecule has 2 N–H and O–H groups in total. The minimum atomic E-state index is -1.67. The molecular formula is C21H15BrClFN4O3. The van der Waals surface area contributed by atoms with Crippen LogP contribution in [0, 0.1) is 12.9 Å². The molecule has 1 atom stereocenters. The lowest BCUT2D eigenvalue weighted by molar-refractivity contribution is -0.128. The van der Waals surface area contributed by atoms with Crippen molar-refractivity contribution in [2.24, 2.45) is 0 Å². The van der Waals surface area contributed by atoms with Gasteiger partial charge in [-0.2, -0.15) is 4.39 Å². The van der Waals surface area contributed by atoms with E-state index in [4.69, 9.17) is 11.6 Å². The molecule has 0 saturated heterocycles. The first-order valence-corrected chi connectivity index (χ1v) is 10.3. The first-order valence-electron chi connectivity index (χ1n) is 9.13. The fraction of sp³-hybridized carbons (Fsp3) is 0.143. The third-order valence-corrected chi connectivity index (χ3v) is 5.98. The number of fused-ring (bicyclic) bond motifs is 3. The van der Waals surface area contributed by atoms with Crippen molar-refractivity contribution in [3.05, 3.63) is 69.4 Å². The summed E-state index contributed by atoms with van der Waals surface area (Å²) in [7, 11) is 0. The molecule has 3 aromatic rings. The lowest BCUT2D eigenvalue weighted by atomic mass is 10.0. The van der Waals surface area contributed by atoms with Gasteiger partial charge in [-0.3, -0.25) is 19.5 Å². The Kier molecular flexibility index (Phi) is 5.74. The second kappa shape index (κ2) is 8.33. The number of halogens is 3. The number of aryl methyl sites for hydroxylation is 1. The fourth-order valence-electron chi connectivity index (χ4n) is 3.39. The van der Waals surface area contributed by atoms with Crippen LogP contribution >= 0.6 is 27.5 Å². The number of anilines is 2. The maximum atomic E-state index is 14.9. The summed E-state index contributed by atoms with van der Waals surface area (Å²) in [6, 6.07) is 9.46. The Balaban J connectivity index is 1.75. The number of hydrogen-bond acceptors (Lipinski definition) is 5. The van der Waals surface area contributed by atoms with Gasteiger partial charge < -0.3 is 10.4 Å². The van der Waals surface area contributed by atoms with Gasteiger partial charge >= 0.3 is 0 Å². The number of carbonyl (C=O) groups excluding carboxylic acids is 2. The molecule has 1 aromatic carbocycles. The molecule has 2 aromatic heterocycles. The lowest BCUT2D eigenvalue weighted by Crippen LogP contribution is -2.40. The van der Waals surface area contributed by atoms with Crippen LogP contribution in [-0.4, -0.2) is 33.4 Å². The van der Waals surface area contributed by atoms with Crippen LogP contribution in [0.15, 0.2) is 47.1 Å². The van der Waals surface area contributed by atoms with E-state index in [1.807, 2.05) is 0 Å². The van der Waals surface area contributed by atoms with E-state index in [9.17, 15) is 19.1 Å². The van der Waals surface area contributed by atoms with Gasteiger partial charge in [0.25, 0.3) is 5.91 Å². The number of pyridine rings is 2. The van der Waals surface area contributed by atoms with Crippen molar-refractivity contribution < 1.29 is 19.1 Å². The number of amides is 2. The highest BCUT2D eigenvalue weighted by atomic mass is 79.9. The number of nitrogens with one attached hydrogen (secondary N) is 1. The number of carbonyl (C=O) groups is 2. The summed E-state index contributed by atoms with van der Waals surface area (Å²) in [6.45, 7) is 1.11. The molecule has 3 heterocycles. The molecule has 1 aliphatic rings. The lowest BCUT2D eigenvalue weighted by Gasteiger charge is -2.24. The summed E-state index contributed by atoms with van der Waals surface area (Å²) in [5, 5.41) is 13.7. The van der Waals surface area contributed by atoms with E-state index >= 15 is 0 Å². The van der Waals surface area contributed by atoms with Crippen molar-refractivity contribution in [3.63, 3.8) is 0 Å². The molecular weight excluding hydrogens is 491 g/mol. The Morgan fingerprint density at radius 1 is 1.35 bits per heavy atom. The van der Waals surface area contributed by atoms with Crippen LogP contribution in [0.1, 0.15) is 17.5 Å². The topological polar surface area (TPSA) is 95.4 Å². The minimum Gasteiger partial charge on any atom is -0.377 e. The zero-order chi connectivity index (χ0) is 22.3. The SMILES string of the molecule is Cc1cc2c(c(F)n1)-c1cccnc1[C@@H](O)C(=O)N2CC(=O)Nc1ccc(Br)c(Cl)c1. The smallest absolute Gasteiger partial charge is 0.262 e. The predicted molar refractivity (Wildman–Crippen MR) is 117 cm³/mol. The van der Waals surface area contributed by atoms with E-state index in [-0.39, 0.29) is 22.5 Å². The van der Waals surface area contributed by atoms with Gasteiger partial charge in [0.05, 0.1) is 22.0 Å². The van der Waals surface area contributed by atoms with Crippen molar-refractivity contribution in [1.29, 1.82) is 0 Å². The van der Waals surface area contributed by atoms with E-state index in [1.165, 1.54) is 12.3 Å². The minimum absolute atomic E-state index is 0.000836. The molecule has 7 nitrogen and oxygen atoms in total. The Morgan fingerprint density at radius 3 is 2.87 bits per heavy atom. The summed E-state index contributed by atoms with van der Waals surface area (Å²) < 4.78 is 15.6. The monoisotopic (exact) mass is 504 g/mol. The van der Waals surface area contributed by atoms with Crippen LogP contribution in [0.3, 0.4) is 0 Å². The molecule has 0 fully saturated rings. The third kappa shape index (κ3) is 4.04. The molecule has 158 valence electrons. The van der Waals surface area contributed by atoms with E-state index < -0.39 is 30.4 Å². The van der Waals surface area contributed by atoms with E-state index in [2.05, 4.69) is 31.2 Å². The van der Waals surface area contributed by atoms with Crippen LogP contribution in [0.25, 0.3) is 11.1 Å². The third-order valence-electron chi connectivity index (χ3n) is 4.75. The average molecular weight is 506 g/mol. The van der Waals surface area contributed by atoms with Crippen LogP contribution in [0.5, 0.6) is 0 Å². The Hall–Kier alpha value is -2.88. The van der Waals surface area contributed by atoms with Gasteiger partial charge in [0, 0.05) is 27.6 Å². The Labute approximate surface area is 190 Å². The Morgan fingerprint density at radius 2 is 2.13 bits per heavy atom. The number of rotatable bonds is 3.